The number of aliphatic carboxylic acids is 1. The second kappa shape index (κ2) is 10.7. The normalized spacial score (nSPS) is 19.3. The van der Waals surface area contributed by atoms with Crippen LogP contribution in [0.2, 0.25) is 0 Å². The third-order valence-corrected chi connectivity index (χ3v) is 6.11. The number of aromatic nitrogens is 1. The van der Waals surface area contributed by atoms with Crippen LogP contribution in [0.1, 0.15) is 32.3 Å². The van der Waals surface area contributed by atoms with E-state index in [9.17, 15) is 29.4 Å². The summed E-state index contributed by atoms with van der Waals surface area (Å²) in [6.07, 6.45) is 1.68. The summed E-state index contributed by atoms with van der Waals surface area (Å²) >= 11 is 0. The van der Waals surface area contributed by atoms with E-state index < -0.39 is 54.0 Å². The highest BCUT2D eigenvalue weighted by atomic mass is 16.4. The fraction of sp³-hybridized carbons (Fsp3) is 0.478. The number of hydrogen-bond donors (Lipinski definition) is 6. The number of benzene rings is 1. The predicted octanol–water partition coefficient (Wildman–Crippen LogP) is -0.516. The van der Waals surface area contributed by atoms with E-state index in [2.05, 4.69) is 15.6 Å². The Kier molecular flexibility index (Phi) is 7.90. The number of aliphatic hydroxyl groups excluding tert-OH is 1. The number of para-hydroxylation sites is 1. The van der Waals surface area contributed by atoms with Crippen molar-refractivity contribution < 1.29 is 29.4 Å². The van der Waals surface area contributed by atoms with E-state index in [1.807, 2.05) is 24.3 Å². The van der Waals surface area contributed by atoms with Gasteiger partial charge >= 0.3 is 5.97 Å². The summed E-state index contributed by atoms with van der Waals surface area (Å²) in [7, 11) is 0. The van der Waals surface area contributed by atoms with E-state index in [1.165, 1.54) is 18.7 Å². The van der Waals surface area contributed by atoms with Crippen LogP contribution in [0.15, 0.2) is 30.5 Å². The lowest BCUT2D eigenvalue weighted by Crippen LogP contribution is -2.57. The Bertz CT molecular complexity index is 1070. The Morgan fingerprint density at radius 2 is 1.88 bits per heavy atom. The third-order valence-electron chi connectivity index (χ3n) is 6.11. The van der Waals surface area contributed by atoms with Crippen molar-refractivity contribution in [1.29, 1.82) is 0 Å². The molecule has 3 amide bonds. The standard InChI is InChI=1S/C23H31N5O6/c1-12(26-21(31)19(24)13(2)29)20(30)27-17(22(32)28-9-5-8-18(28)23(33)34)10-14-11-25-16-7-4-3-6-15(14)16/h3-4,6-7,11-13,17-19,25,29H,5,8-10,24H2,1-2H3,(H,26,31)(H,27,30)(H,33,34). The molecule has 1 saturated heterocycles. The molecule has 0 radical (unpaired) electrons. The summed E-state index contributed by atoms with van der Waals surface area (Å²) in [5, 5.41) is 25.0. The molecular formula is C23H31N5O6. The van der Waals surface area contributed by atoms with Gasteiger partial charge in [0.05, 0.1) is 6.10 Å². The molecule has 1 fully saturated rings. The van der Waals surface area contributed by atoms with Crippen molar-refractivity contribution >= 4 is 34.6 Å². The average molecular weight is 474 g/mol. The molecule has 5 unspecified atom stereocenters. The molecule has 0 spiro atoms. The minimum absolute atomic E-state index is 0.130. The fourth-order valence-electron chi connectivity index (χ4n) is 4.10. The quantitative estimate of drug-likeness (QED) is 0.284. The van der Waals surface area contributed by atoms with Crippen LogP contribution in [-0.2, 0) is 25.6 Å². The summed E-state index contributed by atoms with van der Waals surface area (Å²) in [4.78, 5) is 54.5. The number of likely N-dealkylation sites (tertiary alicyclic amines) is 1. The smallest absolute Gasteiger partial charge is 0.326 e. The van der Waals surface area contributed by atoms with Crippen LogP contribution in [0.25, 0.3) is 10.9 Å². The molecule has 7 N–H and O–H groups in total. The number of carboxylic acids is 1. The van der Waals surface area contributed by atoms with Gasteiger partial charge in [-0.2, -0.15) is 0 Å². The zero-order valence-corrected chi connectivity index (χ0v) is 19.2. The number of aromatic amines is 1. The molecular weight excluding hydrogens is 442 g/mol. The molecule has 11 heteroatoms. The van der Waals surface area contributed by atoms with Crippen LogP contribution < -0.4 is 16.4 Å². The number of nitrogens with zero attached hydrogens (tertiary/aromatic N) is 1. The van der Waals surface area contributed by atoms with Gasteiger partial charge in [-0.05, 0) is 38.3 Å². The summed E-state index contributed by atoms with van der Waals surface area (Å²) in [6, 6.07) is 3.27. The number of amides is 3. The lowest BCUT2D eigenvalue weighted by molar-refractivity contribution is -0.149. The first-order valence-electron chi connectivity index (χ1n) is 11.2. The van der Waals surface area contributed by atoms with Gasteiger partial charge in [-0.25, -0.2) is 4.79 Å². The molecule has 1 aliphatic rings. The van der Waals surface area contributed by atoms with Crippen molar-refractivity contribution in [3.8, 4) is 0 Å². The van der Waals surface area contributed by atoms with Crippen LogP contribution in [0.5, 0.6) is 0 Å². The van der Waals surface area contributed by atoms with E-state index in [-0.39, 0.29) is 13.0 Å². The van der Waals surface area contributed by atoms with Crippen LogP contribution in [0, 0.1) is 0 Å². The highest BCUT2D eigenvalue weighted by Gasteiger charge is 2.38. The first-order valence-corrected chi connectivity index (χ1v) is 11.2. The predicted molar refractivity (Wildman–Crippen MR) is 124 cm³/mol. The number of carbonyl (C=O) groups excluding carboxylic acids is 3. The first kappa shape index (κ1) is 25.2. The van der Waals surface area contributed by atoms with Crippen molar-refractivity contribution in [1.82, 2.24) is 20.5 Å². The van der Waals surface area contributed by atoms with Gasteiger partial charge in [-0.1, -0.05) is 18.2 Å². The van der Waals surface area contributed by atoms with Gasteiger partial charge in [0.1, 0.15) is 24.2 Å². The Morgan fingerprint density at radius 3 is 2.56 bits per heavy atom. The third kappa shape index (κ3) is 5.54. The molecule has 3 rings (SSSR count). The van der Waals surface area contributed by atoms with E-state index in [1.54, 1.807) is 6.20 Å². The van der Waals surface area contributed by atoms with Crippen LogP contribution in [0.3, 0.4) is 0 Å². The maximum atomic E-state index is 13.4. The maximum absolute atomic E-state index is 13.4. The molecule has 5 atom stereocenters. The van der Waals surface area contributed by atoms with Gasteiger partial charge in [0.2, 0.25) is 17.7 Å². The summed E-state index contributed by atoms with van der Waals surface area (Å²) in [5.41, 5.74) is 7.27. The number of fused-ring (bicyclic) bond motifs is 1. The lowest BCUT2D eigenvalue weighted by atomic mass is 10.0. The van der Waals surface area contributed by atoms with E-state index in [0.29, 0.717) is 12.8 Å². The van der Waals surface area contributed by atoms with Gasteiger partial charge in [0.15, 0.2) is 0 Å². The average Bonchev–Trinajstić information content (AvgIpc) is 3.45. The zero-order chi connectivity index (χ0) is 25.0. The zero-order valence-electron chi connectivity index (χ0n) is 19.2. The van der Waals surface area contributed by atoms with Gasteiger partial charge < -0.3 is 36.5 Å². The Hall–Kier alpha value is -3.44. The molecule has 184 valence electrons. The maximum Gasteiger partial charge on any atom is 0.326 e. The molecule has 0 saturated carbocycles. The van der Waals surface area contributed by atoms with Gasteiger partial charge in [0, 0.05) is 30.1 Å². The van der Waals surface area contributed by atoms with Crippen molar-refractivity contribution in [2.45, 2.75) is 63.4 Å². The van der Waals surface area contributed by atoms with Gasteiger partial charge in [0.25, 0.3) is 0 Å². The first-order chi connectivity index (χ1) is 16.1. The fourth-order valence-corrected chi connectivity index (χ4v) is 4.10. The summed E-state index contributed by atoms with van der Waals surface area (Å²) in [6.45, 7) is 3.08. The second-order valence-electron chi connectivity index (χ2n) is 8.65. The van der Waals surface area contributed by atoms with Crippen molar-refractivity contribution in [2.24, 2.45) is 5.73 Å². The van der Waals surface area contributed by atoms with Crippen molar-refractivity contribution in [3.63, 3.8) is 0 Å². The Balaban J connectivity index is 1.81. The molecule has 0 aliphatic carbocycles. The minimum Gasteiger partial charge on any atom is -0.480 e. The van der Waals surface area contributed by atoms with Crippen molar-refractivity contribution in [3.05, 3.63) is 36.0 Å². The topological polar surface area (TPSA) is 178 Å². The molecule has 11 nitrogen and oxygen atoms in total. The molecule has 1 aliphatic heterocycles. The minimum atomic E-state index is -1.21. The monoisotopic (exact) mass is 473 g/mol. The largest absolute Gasteiger partial charge is 0.480 e. The number of carbonyl (C=O) groups is 4. The van der Waals surface area contributed by atoms with Crippen molar-refractivity contribution in [2.75, 3.05) is 6.54 Å². The lowest BCUT2D eigenvalue weighted by Gasteiger charge is -2.28. The number of rotatable bonds is 9. The highest BCUT2D eigenvalue weighted by Crippen LogP contribution is 2.22. The molecule has 34 heavy (non-hydrogen) atoms. The van der Waals surface area contributed by atoms with E-state index >= 15 is 0 Å². The molecule has 2 heterocycles. The summed E-state index contributed by atoms with van der Waals surface area (Å²) in [5.74, 6) is -2.92. The van der Waals surface area contributed by atoms with Gasteiger partial charge in [-0.15, -0.1) is 0 Å². The van der Waals surface area contributed by atoms with Crippen LogP contribution >= 0.6 is 0 Å². The van der Waals surface area contributed by atoms with Gasteiger partial charge in [-0.3, -0.25) is 14.4 Å². The number of carboxylic acid groups (broad SMARTS) is 1. The molecule has 1 aromatic heterocycles. The van der Waals surface area contributed by atoms with Crippen LogP contribution in [0.4, 0.5) is 0 Å². The number of aliphatic hydroxyl groups is 1. The SMILES string of the molecule is CC(NC(=O)C(N)C(C)O)C(=O)NC(Cc1c[nH]c2ccccc12)C(=O)N1CCCC1C(=O)O. The molecule has 0 bridgehead atoms. The number of hydrogen-bond acceptors (Lipinski definition) is 6. The van der Waals surface area contributed by atoms with Crippen LogP contribution in [-0.4, -0.2) is 80.6 Å². The van der Waals surface area contributed by atoms with E-state index in [0.717, 1.165) is 16.5 Å². The Morgan fingerprint density at radius 1 is 1.18 bits per heavy atom. The molecule has 2 aromatic rings. The number of nitrogens with two attached hydrogens (primary N) is 1. The highest BCUT2D eigenvalue weighted by molar-refractivity contribution is 5.95. The second-order valence-corrected chi connectivity index (χ2v) is 8.65. The summed E-state index contributed by atoms with van der Waals surface area (Å²) < 4.78 is 0. The van der Waals surface area contributed by atoms with E-state index in [4.69, 9.17) is 5.73 Å². The number of H-pyrrole nitrogens is 1. The number of nitrogens with one attached hydrogen (secondary N) is 3. The Labute approximate surface area is 196 Å². The molecule has 1 aromatic carbocycles.